The minimum Gasteiger partial charge on any atom is -0.368 e. The number of anilines is 1. The summed E-state index contributed by atoms with van der Waals surface area (Å²) in [6, 6.07) is 1.25. The van der Waals surface area contributed by atoms with Crippen LogP contribution in [0.4, 0.5) is 5.88 Å². The first-order chi connectivity index (χ1) is 5.24. The predicted octanol–water partition coefficient (Wildman–Crippen LogP) is 0.600. The molecule has 60 valence electrons. The summed E-state index contributed by atoms with van der Waals surface area (Å²) < 4.78 is 6.06. The SMILES string of the molecule is C=CCCn1oc(N)cc1=O. The van der Waals surface area contributed by atoms with E-state index in [2.05, 4.69) is 6.58 Å². The zero-order valence-electron chi connectivity index (χ0n) is 6.12. The minimum absolute atomic E-state index is 0.152. The lowest BCUT2D eigenvalue weighted by Crippen LogP contribution is -2.12. The number of aromatic nitrogens is 1. The van der Waals surface area contributed by atoms with E-state index in [1.54, 1.807) is 6.08 Å². The van der Waals surface area contributed by atoms with E-state index in [1.165, 1.54) is 10.8 Å². The highest BCUT2D eigenvalue weighted by atomic mass is 16.5. The van der Waals surface area contributed by atoms with E-state index in [1.807, 2.05) is 0 Å². The van der Waals surface area contributed by atoms with Gasteiger partial charge in [-0.2, -0.15) is 4.74 Å². The summed E-state index contributed by atoms with van der Waals surface area (Å²) >= 11 is 0. The van der Waals surface area contributed by atoms with Crippen LogP contribution in [0.15, 0.2) is 28.0 Å². The van der Waals surface area contributed by atoms with Gasteiger partial charge in [-0.1, -0.05) is 6.08 Å². The van der Waals surface area contributed by atoms with E-state index in [9.17, 15) is 4.79 Å². The lowest BCUT2D eigenvalue weighted by Gasteiger charge is -1.93. The van der Waals surface area contributed by atoms with Crippen molar-refractivity contribution in [3.63, 3.8) is 0 Å². The third kappa shape index (κ3) is 1.73. The maximum Gasteiger partial charge on any atom is 0.284 e. The van der Waals surface area contributed by atoms with Crippen LogP contribution in [-0.4, -0.2) is 4.74 Å². The predicted molar refractivity (Wildman–Crippen MR) is 42.2 cm³/mol. The topological polar surface area (TPSA) is 61.2 Å². The number of hydrogen-bond donors (Lipinski definition) is 1. The molecule has 1 heterocycles. The molecule has 0 aliphatic carbocycles. The summed E-state index contributed by atoms with van der Waals surface area (Å²) in [5, 5.41) is 0. The summed E-state index contributed by atoms with van der Waals surface area (Å²) in [5.41, 5.74) is 5.03. The molecule has 0 aromatic carbocycles. The molecule has 0 saturated carbocycles. The fourth-order valence-electron chi connectivity index (χ4n) is 0.757. The van der Waals surface area contributed by atoms with Gasteiger partial charge >= 0.3 is 0 Å². The maximum absolute atomic E-state index is 10.9. The van der Waals surface area contributed by atoms with Gasteiger partial charge in [-0.05, 0) is 6.42 Å². The van der Waals surface area contributed by atoms with Crippen molar-refractivity contribution in [2.75, 3.05) is 5.73 Å². The average Bonchev–Trinajstić information content (AvgIpc) is 2.26. The highest BCUT2D eigenvalue weighted by Gasteiger charge is 1.99. The van der Waals surface area contributed by atoms with Crippen LogP contribution in [0.25, 0.3) is 0 Å². The summed E-state index contributed by atoms with van der Waals surface area (Å²) in [5.74, 6) is 0.152. The van der Waals surface area contributed by atoms with E-state index < -0.39 is 0 Å². The fourth-order valence-corrected chi connectivity index (χ4v) is 0.757. The summed E-state index contributed by atoms with van der Waals surface area (Å²) in [7, 11) is 0. The normalized spacial score (nSPS) is 9.82. The van der Waals surface area contributed by atoms with Gasteiger partial charge in [0.05, 0.1) is 12.6 Å². The van der Waals surface area contributed by atoms with Crippen LogP contribution in [0.3, 0.4) is 0 Å². The molecule has 0 spiro atoms. The molecule has 4 nitrogen and oxygen atoms in total. The Morgan fingerprint density at radius 1 is 1.82 bits per heavy atom. The molecule has 0 atom stereocenters. The molecule has 11 heavy (non-hydrogen) atoms. The molecule has 2 N–H and O–H groups in total. The van der Waals surface area contributed by atoms with Crippen molar-refractivity contribution in [1.29, 1.82) is 0 Å². The molecule has 0 aliphatic rings. The molecule has 1 aromatic rings. The average molecular weight is 154 g/mol. The van der Waals surface area contributed by atoms with Gasteiger partial charge in [0.15, 0.2) is 0 Å². The Balaban J connectivity index is 2.77. The third-order valence-electron chi connectivity index (χ3n) is 1.26. The molecule has 1 rings (SSSR count). The van der Waals surface area contributed by atoms with Crippen LogP contribution in [0.1, 0.15) is 6.42 Å². The number of nitrogens with two attached hydrogens (primary N) is 1. The van der Waals surface area contributed by atoms with Gasteiger partial charge in [-0.3, -0.25) is 4.79 Å². The Morgan fingerprint density at radius 3 is 3.00 bits per heavy atom. The molecular weight excluding hydrogens is 144 g/mol. The molecule has 0 unspecified atom stereocenters. The second-order valence-electron chi connectivity index (χ2n) is 2.16. The van der Waals surface area contributed by atoms with E-state index >= 15 is 0 Å². The fraction of sp³-hybridized carbons (Fsp3) is 0.286. The number of allylic oxidation sites excluding steroid dienone is 1. The number of nitrogens with zero attached hydrogens (tertiary/aromatic N) is 1. The van der Waals surface area contributed by atoms with Crippen molar-refractivity contribution in [3.8, 4) is 0 Å². The lowest BCUT2D eigenvalue weighted by molar-refractivity contribution is 0.273. The monoisotopic (exact) mass is 154 g/mol. The largest absolute Gasteiger partial charge is 0.368 e. The van der Waals surface area contributed by atoms with Crippen molar-refractivity contribution < 1.29 is 4.52 Å². The molecule has 1 aromatic heterocycles. The molecule has 0 saturated heterocycles. The lowest BCUT2D eigenvalue weighted by atomic mass is 10.4. The van der Waals surface area contributed by atoms with Crippen LogP contribution in [-0.2, 0) is 6.54 Å². The van der Waals surface area contributed by atoms with Gasteiger partial charge in [0.2, 0.25) is 5.88 Å². The second kappa shape index (κ2) is 3.09. The van der Waals surface area contributed by atoms with Crippen LogP contribution in [0.2, 0.25) is 0 Å². The van der Waals surface area contributed by atoms with Gasteiger partial charge in [0.1, 0.15) is 0 Å². The molecule has 0 radical (unpaired) electrons. The van der Waals surface area contributed by atoms with Gasteiger partial charge in [-0.25, -0.2) is 0 Å². The maximum atomic E-state index is 10.9. The molecule has 0 aliphatic heterocycles. The third-order valence-corrected chi connectivity index (χ3v) is 1.26. The molecule has 0 bridgehead atoms. The molecule has 0 amide bonds. The van der Waals surface area contributed by atoms with Crippen LogP contribution in [0.5, 0.6) is 0 Å². The smallest absolute Gasteiger partial charge is 0.284 e. The van der Waals surface area contributed by atoms with Gasteiger partial charge in [0.25, 0.3) is 5.56 Å². The van der Waals surface area contributed by atoms with Crippen LogP contribution < -0.4 is 11.3 Å². The second-order valence-corrected chi connectivity index (χ2v) is 2.16. The quantitative estimate of drug-likeness (QED) is 0.648. The first-order valence-corrected chi connectivity index (χ1v) is 3.31. The van der Waals surface area contributed by atoms with Crippen LogP contribution in [0, 0.1) is 0 Å². The summed E-state index contributed by atoms with van der Waals surface area (Å²) in [4.78, 5) is 10.9. The van der Waals surface area contributed by atoms with Crippen molar-refractivity contribution in [3.05, 3.63) is 29.1 Å². The Labute approximate surface area is 63.9 Å². The Morgan fingerprint density at radius 2 is 2.55 bits per heavy atom. The van der Waals surface area contributed by atoms with E-state index in [-0.39, 0.29) is 11.4 Å². The summed E-state index contributed by atoms with van der Waals surface area (Å²) in [6.45, 7) is 4.02. The number of hydrogen-bond acceptors (Lipinski definition) is 3. The highest BCUT2D eigenvalue weighted by Crippen LogP contribution is 1.97. The van der Waals surface area contributed by atoms with Crippen molar-refractivity contribution in [2.45, 2.75) is 13.0 Å². The highest BCUT2D eigenvalue weighted by molar-refractivity contribution is 5.18. The number of rotatable bonds is 3. The zero-order chi connectivity index (χ0) is 8.27. The molecule has 4 heteroatoms. The Hall–Kier alpha value is -1.45. The van der Waals surface area contributed by atoms with Crippen molar-refractivity contribution in [1.82, 2.24) is 4.74 Å². The molecule has 0 fully saturated rings. The first kappa shape index (κ1) is 7.65. The standard InChI is InChI=1S/C7H10N2O2/c1-2-3-4-9-7(10)5-6(8)11-9/h2,5H,1,3-4,8H2. The zero-order valence-corrected chi connectivity index (χ0v) is 6.12. The van der Waals surface area contributed by atoms with Crippen LogP contribution >= 0.6 is 0 Å². The van der Waals surface area contributed by atoms with E-state index in [4.69, 9.17) is 10.3 Å². The minimum atomic E-state index is -0.204. The van der Waals surface area contributed by atoms with E-state index in [0.29, 0.717) is 13.0 Å². The Bertz CT molecular complexity index is 298. The molecular formula is C7H10N2O2. The van der Waals surface area contributed by atoms with Gasteiger partial charge in [-0.15, -0.1) is 6.58 Å². The first-order valence-electron chi connectivity index (χ1n) is 3.31. The Kier molecular flexibility index (Phi) is 2.15. The number of aryl methyl sites for hydroxylation is 1. The van der Waals surface area contributed by atoms with Gasteiger partial charge in [0, 0.05) is 0 Å². The number of nitrogen functional groups attached to an aromatic ring is 1. The summed E-state index contributed by atoms with van der Waals surface area (Å²) in [6.07, 6.45) is 2.41. The van der Waals surface area contributed by atoms with Crippen molar-refractivity contribution >= 4 is 5.88 Å². The van der Waals surface area contributed by atoms with E-state index in [0.717, 1.165) is 0 Å². The van der Waals surface area contributed by atoms with Gasteiger partial charge < -0.3 is 10.3 Å². The van der Waals surface area contributed by atoms with Crippen molar-refractivity contribution in [2.24, 2.45) is 0 Å².